The van der Waals surface area contributed by atoms with Gasteiger partial charge in [0.1, 0.15) is 5.70 Å². The zero-order chi connectivity index (χ0) is 20.5. The highest BCUT2D eigenvalue weighted by atomic mass is 16.2. The summed E-state index contributed by atoms with van der Waals surface area (Å²) in [5.41, 5.74) is 5.74. The molecule has 2 heterocycles. The molecule has 0 saturated carbocycles. The first-order valence-electron chi connectivity index (χ1n) is 10.3. The molecule has 1 fully saturated rings. The molecule has 2 aromatic rings. The summed E-state index contributed by atoms with van der Waals surface area (Å²) in [6.07, 6.45) is 2.46. The van der Waals surface area contributed by atoms with Crippen molar-refractivity contribution in [3.63, 3.8) is 0 Å². The standard InChI is InChI=1S/C24H27N3O2/c1-4-27-23(28)21(20-12-7-16(2)15-17(20)3)22(24(27)29)25-18-8-10-19(11-9-18)26-13-5-6-14-26/h7-12,15,25H,4-6,13-14H2,1-3H3. The Balaban J connectivity index is 1.70. The molecule has 2 aliphatic heterocycles. The number of rotatable bonds is 5. The average Bonchev–Trinajstić information content (AvgIpc) is 3.31. The van der Waals surface area contributed by atoms with Crippen molar-refractivity contribution in [3.05, 3.63) is 64.9 Å². The van der Waals surface area contributed by atoms with Gasteiger partial charge in [0.05, 0.1) is 5.57 Å². The Morgan fingerprint density at radius 3 is 2.24 bits per heavy atom. The summed E-state index contributed by atoms with van der Waals surface area (Å²) in [7, 11) is 0. The zero-order valence-corrected chi connectivity index (χ0v) is 17.3. The van der Waals surface area contributed by atoms with Crippen LogP contribution in [0.4, 0.5) is 11.4 Å². The number of hydrogen-bond acceptors (Lipinski definition) is 4. The highest BCUT2D eigenvalue weighted by molar-refractivity contribution is 6.36. The van der Waals surface area contributed by atoms with Gasteiger partial charge in [-0.05, 0) is 69.0 Å². The van der Waals surface area contributed by atoms with Crippen molar-refractivity contribution in [1.82, 2.24) is 4.90 Å². The van der Waals surface area contributed by atoms with Crippen LogP contribution in [0.5, 0.6) is 0 Å². The van der Waals surface area contributed by atoms with Gasteiger partial charge in [0.25, 0.3) is 11.8 Å². The second-order valence-electron chi connectivity index (χ2n) is 7.79. The molecule has 1 saturated heterocycles. The Bertz CT molecular complexity index is 986. The van der Waals surface area contributed by atoms with Crippen molar-refractivity contribution < 1.29 is 9.59 Å². The number of imide groups is 1. The van der Waals surface area contributed by atoms with Crippen LogP contribution in [0.3, 0.4) is 0 Å². The second-order valence-corrected chi connectivity index (χ2v) is 7.79. The third kappa shape index (κ3) is 3.53. The van der Waals surface area contributed by atoms with Crippen LogP contribution in [0.1, 0.15) is 36.5 Å². The Kier molecular flexibility index (Phi) is 5.14. The lowest BCUT2D eigenvalue weighted by molar-refractivity contribution is -0.136. The molecule has 0 aliphatic carbocycles. The minimum atomic E-state index is -0.268. The number of aryl methyl sites for hydroxylation is 2. The lowest BCUT2D eigenvalue weighted by Crippen LogP contribution is -2.32. The molecule has 0 aromatic heterocycles. The largest absolute Gasteiger partial charge is 0.372 e. The van der Waals surface area contributed by atoms with Crippen LogP contribution in [0.25, 0.3) is 5.57 Å². The monoisotopic (exact) mass is 389 g/mol. The summed E-state index contributed by atoms with van der Waals surface area (Å²) in [5, 5.41) is 3.24. The van der Waals surface area contributed by atoms with E-state index in [2.05, 4.69) is 22.3 Å². The summed E-state index contributed by atoms with van der Waals surface area (Å²) in [6, 6.07) is 14.1. The fourth-order valence-electron chi connectivity index (χ4n) is 4.20. The molecule has 5 nitrogen and oxygen atoms in total. The van der Waals surface area contributed by atoms with E-state index >= 15 is 0 Å². The van der Waals surface area contributed by atoms with Gasteiger partial charge in [0, 0.05) is 31.0 Å². The van der Waals surface area contributed by atoms with Crippen molar-refractivity contribution in [3.8, 4) is 0 Å². The Labute approximate surface area is 172 Å². The number of carbonyl (C=O) groups excluding carboxylic acids is 2. The highest BCUT2D eigenvalue weighted by Crippen LogP contribution is 2.33. The molecule has 2 amide bonds. The maximum Gasteiger partial charge on any atom is 0.278 e. The summed E-state index contributed by atoms with van der Waals surface area (Å²) < 4.78 is 0. The summed E-state index contributed by atoms with van der Waals surface area (Å²) in [6.45, 7) is 8.35. The molecular weight excluding hydrogens is 362 g/mol. The number of amides is 2. The number of likely N-dealkylation sites (N-methyl/N-ethyl adjacent to an activating group) is 1. The lowest BCUT2D eigenvalue weighted by Gasteiger charge is -2.18. The van der Waals surface area contributed by atoms with Gasteiger partial charge in [-0.15, -0.1) is 0 Å². The zero-order valence-electron chi connectivity index (χ0n) is 17.3. The van der Waals surface area contributed by atoms with Gasteiger partial charge in [-0.3, -0.25) is 14.5 Å². The molecule has 0 bridgehead atoms. The van der Waals surface area contributed by atoms with E-state index in [9.17, 15) is 9.59 Å². The minimum Gasteiger partial charge on any atom is -0.372 e. The van der Waals surface area contributed by atoms with E-state index in [0.29, 0.717) is 17.8 Å². The summed E-state index contributed by atoms with van der Waals surface area (Å²) in [4.78, 5) is 29.6. The SMILES string of the molecule is CCN1C(=O)C(Nc2ccc(N3CCCC3)cc2)=C(c2ccc(C)cc2C)C1=O. The fraction of sp³-hybridized carbons (Fsp3) is 0.333. The van der Waals surface area contributed by atoms with Crippen LogP contribution in [-0.4, -0.2) is 36.3 Å². The van der Waals surface area contributed by atoms with Gasteiger partial charge < -0.3 is 10.2 Å². The topological polar surface area (TPSA) is 52.7 Å². The van der Waals surface area contributed by atoms with Gasteiger partial charge >= 0.3 is 0 Å². The van der Waals surface area contributed by atoms with Crippen LogP contribution in [-0.2, 0) is 9.59 Å². The smallest absolute Gasteiger partial charge is 0.278 e. The average molecular weight is 389 g/mol. The van der Waals surface area contributed by atoms with Crippen molar-refractivity contribution >= 4 is 28.8 Å². The van der Waals surface area contributed by atoms with Gasteiger partial charge in [-0.25, -0.2) is 0 Å². The molecule has 29 heavy (non-hydrogen) atoms. The molecule has 2 aromatic carbocycles. The molecule has 0 unspecified atom stereocenters. The maximum absolute atomic E-state index is 13.0. The molecule has 0 spiro atoms. The molecule has 150 valence electrons. The number of benzene rings is 2. The van der Waals surface area contributed by atoms with Crippen molar-refractivity contribution in [1.29, 1.82) is 0 Å². The highest BCUT2D eigenvalue weighted by Gasteiger charge is 2.38. The van der Waals surface area contributed by atoms with Gasteiger partial charge in [-0.1, -0.05) is 23.8 Å². The van der Waals surface area contributed by atoms with Crippen molar-refractivity contribution in [2.24, 2.45) is 0 Å². The molecule has 2 aliphatic rings. The van der Waals surface area contributed by atoms with E-state index in [0.717, 1.165) is 35.5 Å². The number of carbonyl (C=O) groups is 2. The van der Waals surface area contributed by atoms with Crippen LogP contribution >= 0.6 is 0 Å². The van der Waals surface area contributed by atoms with Gasteiger partial charge in [0.2, 0.25) is 0 Å². The third-order valence-electron chi connectivity index (χ3n) is 5.74. The predicted octanol–water partition coefficient (Wildman–Crippen LogP) is 4.12. The fourth-order valence-corrected chi connectivity index (χ4v) is 4.20. The van der Waals surface area contributed by atoms with Crippen molar-refractivity contribution in [2.75, 3.05) is 29.9 Å². The van der Waals surface area contributed by atoms with Crippen LogP contribution in [0, 0.1) is 13.8 Å². The third-order valence-corrected chi connectivity index (χ3v) is 5.74. The van der Waals surface area contributed by atoms with Crippen LogP contribution in [0.15, 0.2) is 48.2 Å². The van der Waals surface area contributed by atoms with E-state index in [1.54, 1.807) is 0 Å². The second kappa shape index (κ2) is 7.74. The first kappa shape index (κ1) is 19.2. The molecule has 0 radical (unpaired) electrons. The molecule has 1 N–H and O–H groups in total. The van der Waals surface area contributed by atoms with Crippen LogP contribution < -0.4 is 10.2 Å². The Morgan fingerprint density at radius 1 is 0.931 bits per heavy atom. The normalized spacial score (nSPS) is 16.9. The van der Waals surface area contributed by atoms with Crippen LogP contribution in [0.2, 0.25) is 0 Å². The molecule has 4 rings (SSSR count). The van der Waals surface area contributed by atoms with E-state index in [4.69, 9.17) is 0 Å². The number of nitrogens with zero attached hydrogens (tertiary/aromatic N) is 2. The van der Waals surface area contributed by atoms with E-state index in [1.807, 2.05) is 51.1 Å². The van der Waals surface area contributed by atoms with E-state index < -0.39 is 0 Å². The van der Waals surface area contributed by atoms with E-state index in [1.165, 1.54) is 23.4 Å². The number of anilines is 2. The Morgan fingerprint density at radius 2 is 1.62 bits per heavy atom. The maximum atomic E-state index is 13.0. The Hall–Kier alpha value is -3.08. The molecular formula is C24H27N3O2. The first-order chi connectivity index (χ1) is 14.0. The summed E-state index contributed by atoms with van der Waals surface area (Å²) in [5.74, 6) is -0.503. The van der Waals surface area contributed by atoms with Gasteiger partial charge in [0.15, 0.2) is 0 Å². The van der Waals surface area contributed by atoms with Gasteiger partial charge in [-0.2, -0.15) is 0 Å². The quantitative estimate of drug-likeness (QED) is 0.782. The number of nitrogens with one attached hydrogen (secondary N) is 1. The molecule has 5 heteroatoms. The summed E-state index contributed by atoms with van der Waals surface area (Å²) >= 11 is 0. The minimum absolute atomic E-state index is 0.236. The van der Waals surface area contributed by atoms with Crippen molar-refractivity contribution in [2.45, 2.75) is 33.6 Å². The number of hydrogen-bond donors (Lipinski definition) is 1. The lowest BCUT2D eigenvalue weighted by atomic mass is 9.97. The van der Waals surface area contributed by atoms with E-state index in [-0.39, 0.29) is 11.8 Å². The first-order valence-corrected chi connectivity index (χ1v) is 10.3. The predicted molar refractivity (Wildman–Crippen MR) is 117 cm³/mol. The molecule has 0 atom stereocenters.